The Labute approximate surface area is 216 Å². The van der Waals surface area contributed by atoms with E-state index in [1.165, 1.54) is 11.0 Å². The van der Waals surface area contributed by atoms with E-state index in [0.717, 1.165) is 24.5 Å². The summed E-state index contributed by atoms with van der Waals surface area (Å²) in [6, 6.07) is 11.0. The standard InChI is InChI=1S/C26H25ClF3N3O4/c27-21-9-17-12-33(11-16(17)8-20(21)26(28,29)30)22(34)18(14-37-13-15-4-2-1-3-5-15)10-25(19-6-7-19)23(35)31-24(36)32-25/h1-5,8-9,18-19H,6-7,10-14H2,(H2,31,32,35,36)/t18-,25-/m1/s1. The summed E-state index contributed by atoms with van der Waals surface area (Å²) in [7, 11) is 0. The molecular weight excluding hydrogens is 511 g/mol. The van der Waals surface area contributed by atoms with E-state index < -0.39 is 40.2 Å². The van der Waals surface area contributed by atoms with Crippen LogP contribution in [0.4, 0.5) is 18.0 Å². The van der Waals surface area contributed by atoms with Gasteiger partial charge in [0, 0.05) is 13.1 Å². The van der Waals surface area contributed by atoms with Gasteiger partial charge in [0.2, 0.25) is 5.91 Å². The molecule has 0 radical (unpaired) electrons. The van der Waals surface area contributed by atoms with E-state index in [-0.39, 0.29) is 44.5 Å². The van der Waals surface area contributed by atoms with Crippen LogP contribution in [0.5, 0.6) is 0 Å². The van der Waals surface area contributed by atoms with Crippen molar-refractivity contribution in [3.8, 4) is 0 Å². The van der Waals surface area contributed by atoms with Crippen LogP contribution in [0, 0.1) is 11.8 Å². The Balaban J connectivity index is 1.37. The number of carbonyl (C=O) groups excluding carboxylic acids is 3. The molecule has 2 aromatic rings. The van der Waals surface area contributed by atoms with Crippen molar-refractivity contribution in [1.82, 2.24) is 15.5 Å². The van der Waals surface area contributed by atoms with Gasteiger partial charge in [0.15, 0.2) is 0 Å². The van der Waals surface area contributed by atoms with Gasteiger partial charge < -0.3 is 15.0 Å². The minimum Gasteiger partial charge on any atom is -0.376 e. The fourth-order valence-corrected chi connectivity index (χ4v) is 5.52. The Bertz CT molecular complexity index is 1240. The summed E-state index contributed by atoms with van der Waals surface area (Å²) >= 11 is 5.88. The van der Waals surface area contributed by atoms with Crippen molar-refractivity contribution < 1.29 is 32.3 Å². The third kappa shape index (κ3) is 5.17. The van der Waals surface area contributed by atoms with Crippen molar-refractivity contribution >= 4 is 29.4 Å². The number of nitrogens with zero attached hydrogens (tertiary/aromatic N) is 1. The first-order valence-corrected chi connectivity index (χ1v) is 12.4. The minimum absolute atomic E-state index is 0.0153. The van der Waals surface area contributed by atoms with Crippen LogP contribution in [0.15, 0.2) is 42.5 Å². The van der Waals surface area contributed by atoms with Crippen LogP contribution in [0.3, 0.4) is 0 Å². The van der Waals surface area contributed by atoms with Gasteiger partial charge >= 0.3 is 12.2 Å². The Hall–Kier alpha value is -3.11. The van der Waals surface area contributed by atoms with Crippen molar-refractivity contribution in [2.75, 3.05) is 6.61 Å². The lowest BCUT2D eigenvalue weighted by atomic mass is 9.82. The molecular formula is C26H25ClF3N3O4. The molecule has 196 valence electrons. The van der Waals surface area contributed by atoms with Crippen molar-refractivity contribution in [2.45, 2.75) is 50.7 Å². The van der Waals surface area contributed by atoms with Gasteiger partial charge in [0.1, 0.15) is 5.54 Å². The first kappa shape index (κ1) is 25.5. The number of carbonyl (C=O) groups is 3. The van der Waals surface area contributed by atoms with Crippen LogP contribution in [0.25, 0.3) is 0 Å². The Morgan fingerprint density at radius 1 is 1.14 bits per heavy atom. The maximum atomic E-state index is 13.7. The number of amides is 4. The summed E-state index contributed by atoms with van der Waals surface area (Å²) in [6.07, 6.45) is -3.09. The molecule has 5 rings (SSSR count). The van der Waals surface area contributed by atoms with Gasteiger partial charge in [-0.2, -0.15) is 13.2 Å². The number of fused-ring (bicyclic) bond motifs is 1. The summed E-state index contributed by atoms with van der Waals surface area (Å²) in [6.45, 7) is 0.298. The van der Waals surface area contributed by atoms with Gasteiger partial charge in [-0.05, 0) is 54.0 Å². The first-order chi connectivity index (χ1) is 17.6. The highest BCUT2D eigenvalue weighted by Gasteiger charge is 2.57. The second-order valence-corrected chi connectivity index (χ2v) is 10.3. The summed E-state index contributed by atoms with van der Waals surface area (Å²) < 4.78 is 45.9. The van der Waals surface area contributed by atoms with Crippen molar-refractivity contribution in [2.24, 2.45) is 11.8 Å². The van der Waals surface area contributed by atoms with Gasteiger partial charge in [0.05, 0.1) is 29.7 Å². The zero-order chi connectivity index (χ0) is 26.4. The molecule has 1 saturated heterocycles. The number of ether oxygens (including phenoxy) is 1. The summed E-state index contributed by atoms with van der Waals surface area (Å²) in [5, 5.41) is 4.62. The largest absolute Gasteiger partial charge is 0.417 e. The summed E-state index contributed by atoms with van der Waals surface area (Å²) in [5.41, 5.74) is -0.340. The highest BCUT2D eigenvalue weighted by molar-refractivity contribution is 6.31. The molecule has 2 heterocycles. The molecule has 1 saturated carbocycles. The molecule has 4 amide bonds. The molecule has 0 spiro atoms. The van der Waals surface area contributed by atoms with Gasteiger partial charge in [-0.15, -0.1) is 0 Å². The number of imide groups is 1. The number of rotatable bonds is 8. The van der Waals surface area contributed by atoms with E-state index in [9.17, 15) is 27.6 Å². The highest BCUT2D eigenvalue weighted by Crippen LogP contribution is 2.45. The molecule has 2 aliphatic heterocycles. The topological polar surface area (TPSA) is 87.7 Å². The third-order valence-corrected chi connectivity index (χ3v) is 7.53. The molecule has 0 aromatic heterocycles. The van der Waals surface area contributed by atoms with E-state index in [1.54, 1.807) is 0 Å². The fourth-order valence-electron chi connectivity index (χ4n) is 5.23. The first-order valence-electron chi connectivity index (χ1n) is 12.0. The lowest BCUT2D eigenvalue weighted by Gasteiger charge is -2.32. The minimum atomic E-state index is -4.61. The summed E-state index contributed by atoms with van der Waals surface area (Å²) in [4.78, 5) is 40.0. The predicted molar refractivity (Wildman–Crippen MR) is 127 cm³/mol. The average Bonchev–Trinajstić information content (AvgIpc) is 3.55. The fraction of sp³-hybridized carbons (Fsp3) is 0.423. The average molecular weight is 536 g/mol. The number of hydrogen-bond acceptors (Lipinski definition) is 4. The number of benzene rings is 2. The van der Waals surface area contributed by atoms with Crippen LogP contribution in [-0.2, 0) is 40.2 Å². The monoisotopic (exact) mass is 535 g/mol. The van der Waals surface area contributed by atoms with Gasteiger partial charge in [-0.25, -0.2) is 4.79 Å². The molecule has 7 nitrogen and oxygen atoms in total. The molecule has 11 heteroatoms. The maximum Gasteiger partial charge on any atom is 0.417 e. The normalized spacial score (nSPS) is 22.0. The van der Waals surface area contributed by atoms with Gasteiger partial charge in [-0.1, -0.05) is 41.9 Å². The molecule has 2 atom stereocenters. The Kier molecular flexibility index (Phi) is 6.66. The number of nitrogens with one attached hydrogen (secondary N) is 2. The third-order valence-electron chi connectivity index (χ3n) is 7.22. The molecule has 0 unspecified atom stereocenters. The highest BCUT2D eigenvalue weighted by atomic mass is 35.5. The SMILES string of the molecule is O=C1NC(=O)[C@@](C[C@H](COCc2ccccc2)C(=O)N2Cc3cc(Cl)c(C(F)(F)F)cc3C2)(C2CC2)N1. The zero-order valence-corrected chi connectivity index (χ0v) is 20.5. The molecule has 0 bridgehead atoms. The van der Waals surface area contributed by atoms with Gasteiger partial charge in [-0.3, -0.25) is 14.9 Å². The molecule has 2 aromatic carbocycles. The van der Waals surface area contributed by atoms with Crippen LogP contribution >= 0.6 is 11.6 Å². The van der Waals surface area contributed by atoms with Crippen LogP contribution < -0.4 is 10.6 Å². The van der Waals surface area contributed by atoms with Crippen LogP contribution in [0.2, 0.25) is 5.02 Å². The van der Waals surface area contributed by atoms with Gasteiger partial charge in [0.25, 0.3) is 5.91 Å². The van der Waals surface area contributed by atoms with Crippen LogP contribution in [-0.4, -0.2) is 34.9 Å². The second kappa shape index (κ2) is 9.64. The number of alkyl halides is 3. The van der Waals surface area contributed by atoms with Crippen molar-refractivity contribution in [3.63, 3.8) is 0 Å². The number of urea groups is 1. The van der Waals surface area contributed by atoms with E-state index in [4.69, 9.17) is 16.3 Å². The molecule has 1 aliphatic carbocycles. The van der Waals surface area contributed by atoms with Crippen molar-refractivity contribution in [1.29, 1.82) is 0 Å². The van der Waals surface area contributed by atoms with Crippen LogP contribution in [0.1, 0.15) is 41.5 Å². The smallest absolute Gasteiger partial charge is 0.376 e. The number of hydrogen-bond donors (Lipinski definition) is 2. The van der Waals surface area contributed by atoms with E-state index in [2.05, 4.69) is 10.6 Å². The Morgan fingerprint density at radius 2 is 1.81 bits per heavy atom. The van der Waals surface area contributed by atoms with E-state index >= 15 is 0 Å². The quantitative estimate of drug-likeness (QED) is 0.490. The molecule has 2 N–H and O–H groups in total. The molecule has 3 aliphatic rings. The van der Waals surface area contributed by atoms with E-state index in [1.807, 2.05) is 30.3 Å². The predicted octanol–water partition coefficient (Wildman–Crippen LogP) is 4.41. The van der Waals surface area contributed by atoms with E-state index in [0.29, 0.717) is 11.1 Å². The summed E-state index contributed by atoms with van der Waals surface area (Å²) in [5.74, 6) is -1.72. The van der Waals surface area contributed by atoms with Crippen molar-refractivity contribution in [3.05, 3.63) is 69.7 Å². The number of halogens is 4. The lowest BCUT2D eigenvalue weighted by Crippen LogP contribution is -2.52. The maximum absolute atomic E-state index is 13.7. The Morgan fingerprint density at radius 3 is 2.41 bits per heavy atom. The second-order valence-electron chi connectivity index (χ2n) is 9.85. The molecule has 2 fully saturated rings. The zero-order valence-electron chi connectivity index (χ0n) is 19.7. The molecule has 37 heavy (non-hydrogen) atoms. The lowest BCUT2D eigenvalue weighted by molar-refractivity contribution is -0.140.